The van der Waals surface area contributed by atoms with Crippen LogP contribution in [0.1, 0.15) is 25.3 Å². The van der Waals surface area contributed by atoms with Gasteiger partial charge in [-0.15, -0.1) is 0 Å². The highest BCUT2D eigenvalue weighted by Gasteiger charge is 2.21. The molecule has 2 aromatic carbocycles. The van der Waals surface area contributed by atoms with Crippen molar-refractivity contribution >= 4 is 28.6 Å². The van der Waals surface area contributed by atoms with Gasteiger partial charge >= 0.3 is 0 Å². The zero-order valence-electron chi connectivity index (χ0n) is 16.4. The molecule has 1 aromatic heterocycles. The fraction of sp³-hybridized carbons (Fsp3) is 0.348. The number of hydrogen-bond donors (Lipinski definition) is 0. The number of thioether (sulfide) groups is 1. The van der Waals surface area contributed by atoms with E-state index in [0.29, 0.717) is 11.6 Å². The summed E-state index contributed by atoms with van der Waals surface area (Å²) < 4.78 is 0. The van der Waals surface area contributed by atoms with Crippen molar-refractivity contribution in [2.45, 2.75) is 31.7 Å². The van der Waals surface area contributed by atoms with Gasteiger partial charge in [0.05, 0.1) is 11.3 Å². The number of hydrogen-bond acceptors (Lipinski definition) is 4. The Morgan fingerprint density at radius 1 is 1.11 bits per heavy atom. The summed E-state index contributed by atoms with van der Waals surface area (Å²) in [5.41, 5.74) is 3.08. The summed E-state index contributed by atoms with van der Waals surface area (Å²) in [4.78, 5) is 24.3. The molecule has 1 saturated heterocycles. The largest absolute Gasteiger partial charge is 0.342 e. The molecule has 5 heteroatoms. The van der Waals surface area contributed by atoms with Crippen LogP contribution in [0.25, 0.3) is 22.3 Å². The van der Waals surface area contributed by atoms with Crippen LogP contribution >= 0.6 is 11.8 Å². The number of benzene rings is 2. The number of nitrogens with zero attached hydrogens (tertiary/aromatic N) is 3. The molecule has 0 radical (unpaired) electrons. The number of amides is 1. The minimum atomic E-state index is 0.206. The molecule has 0 bridgehead atoms. The predicted octanol–water partition coefficient (Wildman–Crippen LogP) is 4.96. The third-order valence-corrected chi connectivity index (χ3v) is 6.29. The maximum atomic E-state index is 12.7. The molecular formula is C23H25N3OS. The summed E-state index contributed by atoms with van der Waals surface area (Å²) in [7, 11) is 0. The second-order valence-corrected chi connectivity index (χ2v) is 8.56. The molecule has 0 unspecified atom stereocenters. The lowest BCUT2D eigenvalue weighted by atomic mass is 9.99. The van der Waals surface area contributed by atoms with Crippen LogP contribution in [-0.4, -0.2) is 39.6 Å². The molecule has 0 aliphatic carbocycles. The van der Waals surface area contributed by atoms with Gasteiger partial charge in [0.15, 0.2) is 5.82 Å². The van der Waals surface area contributed by atoms with Gasteiger partial charge in [-0.2, -0.15) is 0 Å². The van der Waals surface area contributed by atoms with Gasteiger partial charge in [0, 0.05) is 24.0 Å². The fourth-order valence-corrected chi connectivity index (χ4v) is 4.43. The molecule has 3 aromatic rings. The van der Waals surface area contributed by atoms with E-state index in [1.54, 1.807) is 0 Å². The van der Waals surface area contributed by atoms with E-state index in [2.05, 4.69) is 26.0 Å². The first-order valence-electron chi connectivity index (χ1n) is 9.84. The smallest absolute Gasteiger partial charge is 0.232 e. The van der Waals surface area contributed by atoms with Gasteiger partial charge in [0.2, 0.25) is 5.91 Å². The summed E-state index contributed by atoms with van der Waals surface area (Å²) >= 11 is 1.53. The van der Waals surface area contributed by atoms with E-state index in [1.807, 2.05) is 41.3 Å². The SMILES string of the molecule is Cc1ccc2nc(-c3ccccc3)nc(SCC(=O)N3CCC(C)CC3)c2c1. The highest BCUT2D eigenvalue weighted by molar-refractivity contribution is 8.00. The molecule has 0 spiro atoms. The summed E-state index contributed by atoms with van der Waals surface area (Å²) in [5.74, 6) is 2.05. The quantitative estimate of drug-likeness (QED) is 0.466. The Balaban J connectivity index is 1.61. The van der Waals surface area contributed by atoms with Crippen molar-refractivity contribution in [3.8, 4) is 11.4 Å². The Bertz CT molecular complexity index is 982. The summed E-state index contributed by atoms with van der Waals surface area (Å²) in [6, 6.07) is 16.2. The topological polar surface area (TPSA) is 46.1 Å². The van der Waals surface area contributed by atoms with Crippen molar-refractivity contribution in [2.24, 2.45) is 5.92 Å². The Morgan fingerprint density at radius 2 is 1.86 bits per heavy atom. The van der Waals surface area contributed by atoms with E-state index in [4.69, 9.17) is 9.97 Å². The lowest BCUT2D eigenvalue weighted by molar-refractivity contribution is -0.129. The molecule has 2 heterocycles. The predicted molar refractivity (Wildman–Crippen MR) is 115 cm³/mol. The zero-order chi connectivity index (χ0) is 19.5. The molecule has 1 amide bonds. The molecule has 1 aliphatic heterocycles. The number of rotatable bonds is 4. The van der Waals surface area contributed by atoms with Crippen LogP contribution in [0.4, 0.5) is 0 Å². The Kier molecular flexibility index (Phi) is 5.62. The zero-order valence-corrected chi connectivity index (χ0v) is 17.2. The maximum Gasteiger partial charge on any atom is 0.232 e. The van der Waals surface area contributed by atoms with Gasteiger partial charge in [-0.1, -0.05) is 60.6 Å². The Morgan fingerprint density at radius 3 is 2.61 bits per heavy atom. The molecule has 0 atom stereocenters. The molecule has 0 saturated carbocycles. The van der Waals surface area contributed by atoms with Gasteiger partial charge in [-0.3, -0.25) is 4.79 Å². The van der Waals surface area contributed by atoms with Crippen LogP contribution in [0.3, 0.4) is 0 Å². The van der Waals surface area contributed by atoms with Crippen LogP contribution in [0.15, 0.2) is 53.6 Å². The average Bonchev–Trinajstić information content (AvgIpc) is 2.73. The lowest BCUT2D eigenvalue weighted by Gasteiger charge is -2.30. The van der Waals surface area contributed by atoms with E-state index in [-0.39, 0.29) is 5.91 Å². The number of carbonyl (C=O) groups excluding carboxylic acids is 1. The van der Waals surface area contributed by atoms with Gasteiger partial charge < -0.3 is 4.90 Å². The van der Waals surface area contributed by atoms with Crippen LogP contribution < -0.4 is 0 Å². The van der Waals surface area contributed by atoms with E-state index in [1.165, 1.54) is 17.3 Å². The molecule has 1 fully saturated rings. The van der Waals surface area contributed by atoms with Crippen molar-refractivity contribution in [3.05, 3.63) is 54.1 Å². The third kappa shape index (κ3) is 4.20. The van der Waals surface area contributed by atoms with Crippen molar-refractivity contribution in [1.29, 1.82) is 0 Å². The first-order valence-corrected chi connectivity index (χ1v) is 10.8. The van der Waals surface area contributed by atoms with Crippen molar-refractivity contribution in [2.75, 3.05) is 18.8 Å². The molecular weight excluding hydrogens is 366 g/mol. The van der Waals surface area contributed by atoms with Crippen LogP contribution in [0, 0.1) is 12.8 Å². The van der Waals surface area contributed by atoms with E-state index >= 15 is 0 Å². The summed E-state index contributed by atoms with van der Waals surface area (Å²) in [5, 5.41) is 1.90. The minimum absolute atomic E-state index is 0.206. The van der Waals surface area contributed by atoms with Crippen molar-refractivity contribution in [3.63, 3.8) is 0 Å². The molecule has 4 nitrogen and oxygen atoms in total. The number of likely N-dealkylation sites (tertiary alicyclic amines) is 1. The first-order chi connectivity index (χ1) is 13.6. The molecule has 1 aliphatic rings. The molecule has 0 N–H and O–H groups in total. The maximum absolute atomic E-state index is 12.7. The molecule has 28 heavy (non-hydrogen) atoms. The Labute approximate surface area is 170 Å². The van der Waals surface area contributed by atoms with Gasteiger partial charge in [0.1, 0.15) is 5.03 Å². The van der Waals surface area contributed by atoms with Gasteiger partial charge in [-0.05, 0) is 37.8 Å². The van der Waals surface area contributed by atoms with E-state index in [9.17, 15) is 4.79 Å². The third-order valence-electron chi connectivity index (χ3n) is 5.32. The fourth-order valence-electron chi connectivity index (χ4n) is 3.52. The number of carbonyl (C=O) groups is 1. The standard InChI is InChI=1S/C23H25N3OS/c1-16-10-12-26(13-11-16)21(27)15-28-23-19-14-17(2)8-9-20(19)24-22(25-23)18-6-4-3-5-7-18/h3-9,14,16H,10-13,15H2,1-2H3. The monoisotopic (exact) mass is 391 g/mol. The lowest BCUT2D eigenvalue weighted by Crippen LogP contribution is -2.38. The molecule has 144 valence electrons. The van der Waals surface area contributed by atoms with Crippen molar-refractivity contribution in [1.82, 2.24) is 14.9 Å². The van der Waals surface area contributed by atoms with Crippen molar-refractivity contribution < 1.29 is 4.79 Å². The number of aromatic nitrogens is 2. The molecule has 4 rings (SSSR count). The van der Waals surface area contributed by atoms with Crippen LogP contribution in [0.2, 0.25) is 0 Å². The Hall–Kier alpha value is -2.40. The van der Waals surface area contributed by atoms with Crippen LogP contribution in [0.5, 0.6) is 0 Å². The number of fused-ring (bicyclic) bond motifs is 1. The first kappa shape index (κ1) is 18.9. The summed E-state index contributed by atoms with van der Waals surface area (Å²) in [6.45, 7) is 6.08. The second-order valence-electron chi connectivity index (χ2n) is 7.59. The highest BCUT2D eigenvalue weighted by atomic mass is 32.2. The van der Waals surface area contributed by atoms with Gasteiger partial charge in [0.25, 0.3) is 0 Å². The van der Waals surface area contributed by atoms with E-state index < -0.39 is 0 Å². The van der Waals surface area contributed by atoms with E-state index in [0.717, 1.165) is 53.3 Å². The average molecular weight is 392 g/mol. The van der Waals surface area contributed by atoms with Crippen LogP contribution in [-0.2, 0) is 4.79 Å². The van der Waals surface area contributed by atoms with Gasteiger partial charge in [-0.25, -0.2) is 9.97 Å². The number of aryl methyl sites for hydroxylation is 1. The highest BCUT2D eigenvalue weighted by Crippen LogP contribution is 2.29. The minimum Gasteiger partial charge on any atom is -0.342 e. The summed E-state index contributed by atoms with van der Waals surface area (Å²) in [6.07, 6.45) is 2.20. The normalized spacial score (nSPS) is 15.1. The number of piperidine rings is 1. The second kappa shape index (κ2) is 8.31.